The summed E-state index contributed by atoms with van der Waals surface area (Å²) in [6, 6.07) is 6.45. The van der Waals surface area contributed by atoms with Crippen LogP contribution in [0.3, 0.4) is 0 Å². The Kier molecular flexibility index (Phi) is 5.28. The van der Waals surface area contributed by atoms with Crippen molar-refractivity contribution in [3.8, 4) is 17.2 Å². The maximum absolute atomic E-state index is 12.2. The number of rotatable bonds is 7. The third kappa shape index (κ3) is 4.06. The van der Waals surface area contributed by atoms with E-state index in [2.05, 4.69) is 15.5 Å². The largest absolute Gasteiger partial charge is 0.495 e. The average Bonchev–Trinajstić information content (AvgIpc) is 3.31. The van der Waals surface area contributed by atoms with Crippen LogP contribution in [0.4, 0.5) is 5.69 Å². The Morgan fingerprint density at radius 3 is 2.85 bits per heavy atom. The van der Waals surface area contributed by atoms with Crippen molar-refractivity contribution in [2.24, 2.45) is 5.73 Å². The molecule has 8 nitrogen and oxygen atoms in total. The van der Waals surface area contributed by atoms with Crippen molar-refractivity contribution in [2.45, 2.75) is 12.8 Å². The van der Waals surface area contributed by atoms with Gasteiger partial charge < -0.3 is 20.2 Å². The summed E-state index contributed by atoms with van der Waals surface area (Å²) < 4.78 is 10.7. The normalized spacial score (nSPS) is 10.5. The number of nitrogens with two attached hydrogens (primary N) is 1. The van der Waals surface area contributed by atoms with Gasteiger partial charge in [0.1, 0.15) is 5.75 Å². The summed E-state index contributed by atoms with van der Waals surface area (Å²) in [7, 11) is 1.47. The minimum absolute atomic E-state index is 0.134. The fourth-order valence-corrected chi connectivity index (χ4v) is 2.88. The summed E-state index contributed by atoms with van der Waals surface area (Å²) in [5, 5.41) is 14.4. The van der Waals surface area contributed by atoms with Crippen LogP contribution in [0, 0.1) is 0 Å². The molecule has 0 radical (unpaired) electrons. The summed E-state index contributed by atoms with van der Waals surface area (Å²) >= 11 is 1.53. The second-order valence-corrected chi connectivity index (χ2v) is 6.12. The first kappa shape index (κ1) is 17.6. The highest BCUT2D eigenvalue weighted by Crippen LogP contribution is 2.26. The highest BCUT2D eigenvalue weighted by molar-refractivity contribution is 7.08. The Morgan fingerprint density at radius 1 is 1.31 bits per heavy atom. The molecule has 0 fully saturated rings. The molecule has 0 unspecified atom stereocenters. The van der Waals surface area contributed by atoms with Crippen LogP contribution in [-0.2, 0) is 11.2 Å². The van der Waals surface area contributed by atoms with Crippen molar-refractivity contribution in [1.82, 2.24) is 10.2 Å². The molecule has 134 valence electrons. The zero-order valence-electron chi connectivity index (χ0n) is 13.9. The van der Waals surface area contributed by atoms with Crippen molar-refractivity contribution < 1.29 is 18.7 Å². The van der Waals surface area contributed by atoms with Crippen LogP contribution in [0.15, 0.2) is 39.4 Å². The number of aryl methyl sites for hydroxylation is 1. The molecule has 2 heterocycles. The van der Waals surface area contributed by atoms with Gasteiger partial charge in [-0.25, -0.2) is 0 Å². The first-order chi connectivity index (χ1) is 12.6. The SMILES string of the molecule is COc1ccc(C(N)=O)cc1NC(=O)CCc1nnc(-c2ccsc2)o1. The standard InChI is InChI=1S/C17H16N4O4S/c1-24-13-3-2-10(16(18)23)8-12(13)19-14(22)4-5-15-20-21-17(25-15)11-6-7-26-9-11/h2-3,6-9H,4-5H2,1H3,(H2,18,23)(H,19,22). The minimum atomic E-state index is -0.588. The lowest BCUT2D eigenvalue weighted by atomic mass is 10.1. The van der Waals surface area contributed by atoms with Gasteiger partial charge >= 0.3 is 0 Å². The number of hydrogen-bond donors (Lipinski definition) is 2. The van der Waals surface area contributed by atoms with E-state index in [9.17, 15) is 9.59 Å². The summed E-state index contributed by atoms with van der Waals surface area (Å²) in [6.45, 7) is 0. The first-order valence-electron chi connectivity index (χ1n) is 7.69. The van der Waals surface area contributed by atoms with Gasteiger partial charge in [-0.1, -0.05) is 0 Å². The highest BCUT2D eigenvalue weighted by atomic mass is 32.1. The number of anilines is 1. The van der Waals surface area contributed by atoms with E-state index >= 15 is 0 Å². The van der Waals surface area contributed by atoms with Gasteiger partial charge in [0.15, 0.2) is 0 Å². The van der Waals surface area contributed by atoms with E-state index in [1.165, 1.54) is 30.6 Å². The molecule has 0 aliphatic rings. The molecule has 0 atom stereocenters. The predicted molar refractivity (Wildman–Crippen MR) is 96.1 cm³/mol. The fraction of sp³-hybridized carbons (Fsp3) is 0.176. The number of thiophene rings is 1. The van der Waals surface area contributed by atoms with E-state index < -0.39 is 5.91 Å². The maximum atomic E-state index is 12.2. The topological polar surface area (TPSA) is 120 Å². The van der Waals surface area contributed by atoms with Crippen molar-refractivity contribution in [1.29, 1.82) is 0 Å². The number of carbonyl (C=O) groups excluding carboxylic acids is 2. The second-order valence-electron chi connectivity index (χ2n) is 5.34. The number of primary amides is 1. The molecule has 9 heteroatoms. The Bertz CT molecular complexity index is 921. The number of benzene rings is 1. The van der Waals surface area contributed by atoms with Gasteiger partial charge in [-0.05, 0) is 29.6 Å². The Morgan fingerprint density at radius 2 is 2.15 bits per heavy atom. The highest BCUT2D eigenvalue weighted by Gasteiger charge is 2.13. The first-order valence-corrected chi connectivity index (χ1v) is 8.63. The molecule has 0 aliphatic heterocycles. The molecular weight excluding hydrogens is 356 g/mol. The average molecular weight is 372 g/mol. The van der Waals surface area contributed by atoms with Crippen LogP contribution in [0.2, 0.25) is 0 Å². The molecule has 3 N–H and O–H groups in total. The molecular formula is C17H16N4O4S. The van der Waals surface area contributed by atoms with Gasteiger partial charge in [0.25, 0.3) is 0 Å². The zero-order valence-corrected chi connectivity index (χ0v) is 14.7. The fourth-order valence-electron chi connectivity index (χ4n) is 2.25. The summed E-state index contributed by atoms with van der Waals surface area (Å²) in [5.74, 6) is 0.368. The number of nitrogens with one attached hydrogen (secondary N) is 1. The number of nitrogens with zero attached hydrogens (tertiary/aromatic N) is 2. The van der Waals surface area contributed by atoms with Crippen LogP contribution in [0.25, 0.3) is 11.5 Å². The zero-order chi connectivity index (χ0) is 18.5. The van der Waals surface area contributed by atoms with Gasteiger partial charge in [0, 0.05) is 29.3 Å². The molecule has 2 amide bonds. The minimum Gasteiger partial charge on any atom is -0.495 e. The van der Waals surface area contributed by atoms with Gasteiger partial charge in [-0.3, -0.25) is 9.59 Å². The molecule has 0 spiro atoms. The van der Waals surface area contributed by atoms with Crippen LogP contribution >= 0.6 is 11.3 Å². The lowest BCUT2D eigenvalue weighted by Gasteiger charge is -2.10. The van der Waals surface area contributed by atoms with Crippen LogP contribution < -0.4 is 15.8 Å². The molecule has 3 rings (SSSR count). The van der Waals surface area contributed by atoms with Crippen molar-refractivity contribution in [3.05, 3.63) is 46.5 Å². The lowest BCUT2D eigenvalue weighted by Crippen LogP contribution is -2.15. The van der Waals surface area contributed by atoms with E-state index in [0.29, 0.717) is 29.6 Å². The monoisotopic (exact) mass is 372 g/mol. The number of ether oxygens (including phenoxy) is 1. The van der Waals surface area contributed by atoms with Gasteiger partial charge in [0.2, 0.25) is 23.6 Å². The smallest absolute Gasteiger partial charge is 0.248 e. The summed E-state index contributed by atoms with van der Waals surface area (Å²) in [6.07, 6.45) is 0.427. The molecule has 1 aromatic carbocycles. The third-order valence-corrected chi connectivity index (χ3v) is 4.24. The molecule has 26 heavy (non-hydrogen) atoms. The number of carbonyl (C=O) groups is 2. The summed E-state index contributed by atoms with van der Waals surface area (Å²) in [5.41, 5.74) is 6.77. The van der Waals surface area contributed by atoms with Crippen molar-refractivity contribution in [2.75, 3.05) is 12.4 Å². The molecule has 3 aromatic rings. The number of methoxy groups -OCH3 is 1. The number of hydrogen-bond acceptors (Lipinski definition) is 7. The predicted octanol–water partition coefficient (Wildman–Crippen LogP) is 2.48. The number of amides is 2. The van der Waals surface area contributed by atoms with Crippen LogP contribution in [-0.4, -0.2) is 29.1 Å². The van der Waals surface area contributed by atoms with Gasteiger partial charge in [-0.2, -0.15) is 11.3 Å². The molecule has 0 saturated carbocycles. The molecule has 0 aliphatic carbocycles. The van der Waals surface area contributed by atoms with Crippen LogP contribution in [0.5, 0.6) is 5.75 Å². The maximum Gasteiger partial charge on any atom is 0.248 e. The molecule has 0 saturated heterocycles. The van der Waals surface area contributed by atoms with E-state index in [4.69, 9.17) is 14.9 Å². The van der Waals surface area contributed by atoms with Gasteiger partial charge in [-0.15, -0.1) is 10.2 Å². The van der Waals surface area contributed by atoms with Gasteiger partial charge in [0.05, 0.1) is 12.8 Å². The quantitative estimate of drug-likeness (QED) is 0.657. The van der Waals surface area contributed by atoms with Crippen LogP contribution in [0.1, 0.15) is 22.7 Å². The van der Waals surface area contributed by atoms with Crippen molar-refractivity contribution >= 4 is 28.8 Å². The van der Waals surface area contributed by atoms with E-state index in [0.717, 1.165) is 5.56 Å². The molecule has 0 bridgehead atoms. The third-order valence-electron chi connectivity index (χ3n) is 3.56. The van der Waals surface area contributed by atoms with E-state index in [-0.39, 0.29) is 17.9 Å². The Balaban J connectivity index is 1.62. The van der Waals surface area contributed by atoms with Crippen molar-refractivity contribution in [3.63, 3.8) is 0 Å². The Labute approximate surface area is 153 Å². The van der Waals surface area contributed by atoms with E-state index in [1.54, 1.807) is 6.07 Å². The number of aromatic nitrogens is 2. The summed E-state index contributed by atoms with van der Waals surface area (Å²) in [4.78, 5) is 23.5. The van der Waals surface area contributed by atoms with E-state index in [1.807, 2.05) is 16.8 Å². The molecule has 2 aromatic heterocycles. The lowest BCUT2D eigenvalue weighted by molar-refractivity contribution is -0.116. The Hall–Kier alpha value is -3.20. The second kappa shape index (κ2) is 7.79.